The average molecular weight is 363 g/mol. The van der Waals surface area contributed by atoms with Crippen LogP contribution in [0, 0.1) is 0 Å². The van der Waals surface area contributed by atoms with Crippen molar-refractivity contribution in [1.82, 2.24) is 14.5 Å². The molecule has 4 rings (SSSR count). The monoisotopic (exact) mass is 363 g/mol. The van der Waals surface area contributed by atoms with Crippen molar-refractivity contribution >= 4 is 16.7 Å². The van der Waals surface area contributed by atoms with Gasteiger partial charge >= 0.3 is 0 Å². The first kappa shape index (κ1) is 17.7. The highest BCUT2D eigenvalue weighted by Gasteiger charge is 2.31. The topological polar surface area (TPSA) is 58.4 Å². The third-order valence-electron chi connectivity index (χ3n) is 5.56. The maximum atomic E-state index is 12.7. The molecule has 5 nitrogen and oxygen atoms in total. The number of aliphatic hydroxyl groups is 1. The summed E-state index contributed by atoms with van der Waals surface area (Å²) in [5.41, 5.74) is 1.15. The first-order chi connectivity index (χ1) is 13.2. The van der Waals surface area contributed by atoms with Gasteiger partial charge in [0.05, 0.1) is 6.10 Å². The largest absolute Gasteiger partial charge is 0.391 e. The van der Waals surface area contributed by atoms with Crippen molar-refractivity contribution in [3.63, 3.8) is 0 Å². The van der Waals surface area contributed by atoms with Gasteiger partial charge in [-0.15, -0.1) is 0 Å². The number of carbonyl (C=O) groups excluding carboxylic acids is 1. The smallest absolute Gasteiger partial charge is 0.242 e. The highest BCUT2D eigenvalue weighted by atomic mass is 16.3. The summed E-state index contributed by atoms with van der Waals surface area (Å²) in [5, 5.41) is 13.1. The number of aryl methyl sites for hydroxylation is 1. The van der Waals surface area contributed by atoms with E-state index < -0.39 is 6.10 Å². The van der Waals surface area contributed by atoms with Gasteiger partial charge in [-0.3, -0.25) is 4.79 Å². The number of fused-ring (bicyclic) bond motifs is 1. The zero-order valence-electron chi connectivity index (χ0n) is 15.6. The minimum absolute atomic E-state index is 0.0405. The average Bonchev–Trinajstić information content (AvgIpc) is 3.14. The molecule has 2 aromatic carbocycles. The number of hydrogen-bond donors (Lipinski definition) is 1. The van der Waals surface area contributed by atoms with E-state index >= 15 is 0 Å². The number of amides is 1. The van der Waals surface area contributed by atoms with Gasteiger partial charge in [0.2, 0.25) is 5.91 Å². The molecule has 1 amide bonds. The van der Waals surface area contributed by atoms with Crippen molar-refractivity contribution < 1.29 is 9.90 Å². The number of benzene rings is 2. The van der Waals surface area contributed by atoms with Gasteiger partial charge in [-0.2, -0.15) is 0 Å². The third kappa shape index (κ3) is 3.60. The maximum Gasteiger partial charge on any atom is 0.242 e. The number of aromatic nitrogens is 2. The summed E-state index contributed by atoms with van der Waals surface area (Å²) in [6.07, 6.45) is 4.60. The van der Waals surface area contributed by atoms with Crippen LogP contribution in [0.5, 0.6) is 0 Å². The summed E-state index contributed by atoms with van der Waals surface area (Å²) < 4.78 is 1.89. The summed E-state index contributed by atoms with van der Waals surface area (Å²) in [6.45, 7) is 3.37. The number of β-amino-alcohol motifs (C(OH)–C–C–N with tert-alkyl or cyclic N) is 1. The number of rotatable bonds is 4. The first-order valence-electron chi connectivity index (χ1n) is 9.60. The lowest BCUT2D eigenvalue weighted by Gasteiger charge is -2.36. The van der Waals surface area contributed by atoms with E-state index in [0.29, 0.717) is 13.1 Å². The van der Waals surface area contributed by atoms with E-state index in [-0.39, 0.29) is 18.4 Å². The Bertz CT molecular complexity index is 949. The SMILES string of the molecule is CCc1nccn1CC(=O)N1CC[C@@H](c2ccc3ccccc3c2)[C@H](O)C1. The number of piperidine rings is 1. The summed E-state index contributed by atoms with van der Waals surface area (Å²) in [6, 6.07) is 14.6. The number of imidazole rings is 1. The molecule has 2 heterocycles. The molecule has 0 unspecified atom stereocenters. The molecule has 0 bridgehead atoms. The second-order valence-electron chi connectivity index (χ2n) is 7.23. The molecule has 140 valence electrons. The van der Waals surface area contributed by atoms with Crippen LogP contribution in [0.15, 0.2) is 54.9 Å². The third-order valence-corrected chi connectivity index (χ3v) is 5.56. The van der Waals surface area contributed by atoms with Gasteiger partial charge in [0.15, 0.2) is 0 Å². The molecule has 3 aromatic rings. The maximum absolute atomic E-state index is 12.7. The normalized spacial score (nSPS) is 20.1. The van der Waals surface area contributed by atoms with Gasteiger partial charge in [0.1, 0.15) is 12.4 Å². The lowest BCUT2D eigenvalue weighted by Crippen LogP contribution is -2.46. The molecule has 1 aromatic heterocycles. The standard InChI is InChI=1S/C22H25N3O2/c1-2-21-23-10-12-24(21)15-22(27)25-11-9-19(20(26)14-25)18-8-7-16-5-3-4-6-17(16)13-18/h3-8,10,12-13,19-20,26H,2,9,11,14-15H2,1H3/t19-,20+/m0/s1. The number of carbonyl (C=O) groups is 1. The summed E-state index contributed by atoms with van der Waals surface area (Å²) in [4.78, 5) is 18.7. The molecule has 0 aliphatic carbocycles. The fourth-order valence-electron chi connectivity index (χ4n) is 4.03. The molecule has 27 heavy (non-hydrogen) atoms. The van der Waals surface area contributed by atoms with Crippen LogP contribution in [-0.4, -0.2) is 44.7 Å². The van der Waals surface area contributed by atoms with Crippen molar-refractivity contribution in [2.24, 2.45) is 0 Å². The Morgan fingerprint density at radius 1 is 1.22 bits per heavy atom. The van der Waals surface area contributed by atoms with E-state index in [1.165, 1.54) is 10.8 Å². The molecule has 1 aliphatic rings. The van der Waals surface area contributed by atoms with E-state index in [0.717, 1.165) is 24.2 Å². The van der Waals surface area contributed by atoms with Crippen molar-refractivity contribution in [1.29, 1.82) is 0 Å². The molecule has 1 saturated heterocycles. The predicted octanol–water partition coefficient (Wildman–Crippen LogP) is 2.98. The minimum Gasteiger partial charge on any atom is -0.391 e. The van der Waals surface area contributed by atoms with Crippen molar-refractivity contribution in [3.8, 4) is 0 Å². The number of hydrogen-bond acceptors (Lipinski definition) is 3. The fourth-order valence-corrected chi connectivity index (χ4v) is 4.03. The highest BCUT2D eigenvalue weighted by Crippen LogP contribution is 2.30. The fraction of sp³-hybridized carbons (Fsp3) is 0.364. The lowest BCUT2D eigenvalue weighted by molar-refractivity contribution is -0.135. The predicted molar refractivity (Wildman–Crippen MR) is 105 cm³/mol. The van der Waals surface area contributed by atoms with Crippen LogP contribution in [0.2, 0.25) is 0 Å². The van der Waals surface area contributed by atoms with Crippen LogP contribution >= 0.6 is 0 Å². The second kappa shape index (κ2) is 7.53. The van der Waals surface area contributed by atoms with Crippen LogP contribution in [0.3, 0.4) is 0 Å². The van der Waals surface area contributed by atoms with Crippen LogP contribution in [-0.2, 0) is 17.8 Å². The van der Waals surface area contributed by atoms with Crippen molar-refractivity contribution in [2.45, 2.75) is 38.3 Å². The van der Waals surface area contributed by atoms with Crippen LogP contribution < -0.4 is 0 Å². The van der Waals surface area contributed by atoms with Crippen LogP contribution in [0.1, 0.15) is 30.7 Å². The molecular weight excluding hydrogens is 338 g/mol. The van der Waals surface area contributed by atoms with Crippen molar-refractivity contribution in [3.05, 3.63) is 66.2 Å². The molecule has 2 atom stereocenters. The Morgan fingerprint density at radius 2 is 2.04 bits per heavy atom. The first-order valence-corrected chi connectivity index (χ1v) is 9.60. The molecule has 0 radical (unpaired) electrons. The zero-order valence-corrected chi connectivity index (χ0v) is 15.6. The van der Waals surface area contributed by atoms with Gasteiger partial charge in [0, 0.05) is 37.8 Å². The van der Waals surface area contributed by atoms with Crippen LogP contribution in [0.25, 0.3) is 10.8 Å². The van der Waals surface area contributed by atoms with Crippen molar-refractivity contribution in [2.75, 3.05) is 13.1 Å². The quantitative estimate of drug-likeness (QED) is 0.775. The summed E-state index contributed by atoms with van der Waals surface area (Å²) in [7, 11) is 0. The summed E-state index contributed by atoms with van der Waals surface area (Å²) in [5.74, 6) is 1.02. The van der Waals surface area contributed by atoms with E-state index in [1.807, 2.05) is 29.8 Å². The Labute approximate surface area is 159 Å². The second-order valence-corrected chi connectivity index (χ2v) is 7.23. The van der Waals surface area contributed by atoms with E-state index in [2.05, 4.69) is 35.3 Å². The Balaban J connectivity index is 1.44. The van der Waals surface area contributed by atoms with E-state index in [1.54, 1.807) is 11.1 Å². The minimum atomic E-state index is -0.544. The number of aliphatic hydroxyl groups excluding tert-OH is 1. The Kier molecular flexibility index (Phi) is 4.94. The van der Waals surface area contributed by atoms with E-state index in [9.17, 15) is 9.90 Å². The Hall–Kier alpha value is -2.66. The molecule has 0 saturated carbocycles. The zero-order chi connectivity index (χ0) is 18.8. The molecule has 1 N–H and O–H groups in total. The van der Waals surface area contributed by atoms with Gasteiger partial charge in [-0.05, 0) is 22.8 Å². The summed E-state index contributed by atoms with van der Waals surface area (Å²) >= 11 is 0. The highest BCUT2D eigenvalue weighted by molar-refractivity contribution is 5.83. The van der Waals surface area contributed by atoms with E-state index in [4.69, 9.17) is 0 Å². The molecule has 5 heteroatoms. The molecule has 1 fully saturated rings. The molecule has 0 spiro atoms. The van der Waals surface area contributed by atoms with Gasteiger partial charge in [0.25, 0.3) is 0 Å². The van der Waals surface area contributed by atoms with Gasteiger partial charge in [-0.1, -0.05) is 49.4 Å². The van der Waals surface area contributed by atoms with Gasteiger partial charge < -0.3 is 14.6 Å². The van der Waals surface area contributed by atoms with Crippen LogP contribution in [0.4, 0.5) is 0 Å². The number of likely N-dealkylation sites (tertiary alicyclic amines) is 1. The Morgan fingerprint density at radius 3 is 2.81 bits per heavy atom. The lowest BCUT2D eigenvalue weighted by atomic mass is 9.86. The van der Waals surface area contributed by atoms with Gasteiger partial charge in [-0.25, -0.2) is 4.98 Å². The molecule has 1 aliphatic heterocycles. The number of nitrogens with zero attached hydrogens (tertiary/aromatic N) is 3. The molecular formula is C22H25N3O2.